The molecule has 0 saturated carbocycles. The Bertz CT molecular complexity index is 858. The highest BCUT2D eigenvalue weighted by molar-refractivity contribution is 5.84. The van der Waals surface area contributed by atoms with Crippen LogP contribution in [0.15, 0.2) is 72.8 Å². The monoisotopic (exact) mass is 332 g/mol. The SMILES string of the molecule is CN(C)C(=O)[C@H](c1ccccc1)N(C)Cc1ccc2ccccc2c1. The molecule has 1 amide bonds. The zero-order chi connectivity index (χ0) is 17.8. The van der Waals surface area contributed by atoms with Crippen molar-refractivity contribution in [2.24, 2.45) is 0 Å². The van der Waals surface area contributed by atoms with Crippen molar-refractivity contribution in [2.75, 3.05) is 21.1 Å². The van der Waals surface area contributed by atoms with Gasteiger partial charge in [-0.15, -0.1) is 0 Å². The minimum atomic E-state index is -0.289. The van der Waals surface area contributed by atoms with Crippen LogP contribution in [0.3, 0.4) is 0 Å². The Morgan fingerprint density at radius 2 is 1.48 bits per heavy atom. The fraction of sp³-hybridized carbons (Fsp3) is 0.227. The lowest BCUT2D eigenvalue weighted by Gasteiger charge is -2.29. The van der Waals surface area contributed by atoms with Gasteiger partial charge in [-0.2, -0.15) is 0 Å². The van der Waals surface area contributed by atoms with Crippen molar-refractivity contribution in [1.82, 2.24) is 9.80 Å². The summed E-state index contributed by atoms with van der Waals surface area (Å²) < 4.78 is 0. The molecule has 0 bridgehead atoms. The second-order valence-corrected chi connectivity index (χ2v) is 6.64. The number of hydrogen-bond acceptors (Lipinski definition) is 2. The lowest BCUT2D eigenvalue weighted by molar-refractivity contribution is -0.134. The van der Waals surface area contributed by atoms with Crippen molar-refractivity contribution in [3.05, 3.63) is 83.9 Å². The number of carbonyl (C=O) groups is 1. The van der Waals surface area contributed by atoms with Gasteiger partial charge in [0.05, 0.1) is 0 Å². The summed E-state index contributed by atoms with van der Waals surface area (Å²) in [5.41, 5.74) is 2.22. The zero-order valence-corrected chi connectivity index (χ0v) is 15.0. The van der Waals surface area contributed by atoms with Crippen LogP contribution in [0.5, 0.6) is 0 Å². The number of amides is 1. The normalized spacial score (nSPS) is 12.3. The molecule has 0 unspecified atom stereocenters. The molecule has 1 atom stereocenters. The summed E-state index contributed by atoms with van der Waals surface area (Å²) in [6.45, 7) is 0.712. The van der Waals surface area contributed by atoms with Gasteiger partial charge in [0.25, 0.3) is 0 Å². The summed E-state index contributed by atoms with van der Waals surface area (Å²) in [7, 11) is 5.62. The first kappa shape index (κ1) is 17.2. The lowest BCUT2D eigenvalue weighted by Crippen LogP contribution is -2.37. The van der Waals surface area contributed by atoms with E-state index in [-0.39, 0.29) is 11.9 Å². The topological polar surface area (TPSA) is 23.6 Å². The van der Waals surface area contributed by atoms with Gasteiger partial charge in [0.2, 0.25) is 5.91 Å². The molecular weight excluding hydrogens is 308 g/mol. The smallest absolute Gasteiger partial charge is 0.244 e. The Kier molecular flexibility index (Phi) is 5.15. The van der Waals surface area contributed by atoms with Gasteiger partial charge >= 0.3 is 0 Å². The molecular formula is C22H24N2O. The largest absolute Gasteiger partial charge is 0.347 e. The van der Waals surface area contributed by atoms with Crippen molar-refractivity contribution in [3.63, 3.8) is 0 Å². The number of hydrogen-bond donors (Lipinski definition) is 0. The van der Waals surface area contributed by atoms with E-state index < -0.39 is 0 Å². The van der Waals surface area contributed by atoms with Gasteiger partial charge in [0.1, 0.15) is 6.04 Å². The highest BCUT2D eigenvalue weighted by Crippen LogP contribution is 2.24. The molecule has 0 spiro atoms. The van der Waals surface area contributed by atoms with E-state index in [1.165, 1.54) is 16.3 Å². The quantitative estimate of drug-likeness (QED) is 0.702. The Morgan fingerprint density at radius 3 is 2.16 bits per heavy atom. The minimum Gasteiger partial charge on any atom is -0.347 e. The summed E-state index contributed by atoms with van der Waals surface area (Å²) in [4.78, 5) is 16.5. The van der Waals surface area contributed by atoms with Crippen LogP contribution in [0, 0.1) is 0 Å². The molecule has 0 radical (unpaired) electrons. The molecule has 0 fully saturated rings. The fourth-order valence-electron chi connectivity index (χ4n) is 3.18. The maximum atomic E-state index is 12.8. The van der Waals surface area contributed by atoms with Crippen LogP contribution in [-0.4, -0.2) is 36.9 Å². The number of carbonyl (C=O) groups excluding carboxylic acids is 1. The molecule has 3 rings (SSSR count). The maximum absolute atomic E-state index is 12.8. The lowest BCUT2D eigenvalue weighted by atomic mass is 10.0. The third-order valence-electron chi connectivity index (χ3n) is 4.48. The average molecular weight is 332 g/mol. The van der Waals surface area contributed by atoms with Crippen LogP contribution in [0.4, 0.5) is 0 Å². The predicted octanol–water partition coefficient (Wildman–Crippen LogP) is 4.10. The molecule has 3 nitrogen and oxygen atoms in total. The molecule has 0 aromatic heterocycles. The summed E-state index contributed by atoms with van der Waals surface area (Å²) in [5.74, 6) is 0.0921. The first-order chi connectivity index (χ1) is 12.1. The molecule has 0 heterocycles. The molecule has 25 heavy (non-hydrogen) atoms. The fourth-order valence-corrected chi connectivity index (χ4v) is 3.18. The van der Waals surface area contributed by atoms with Crippen LogP contribution in [0.25, 0.3) is 10.8 Å². The van der Waals surface area contributed by atoms with Gasteiger partial charge in [-0.3, -0.25) is 9.69 Å². The van der Waals surface area contributed by atoms with E-state index in [0.29, 0.717) is 6.54 Å². The van der Waals surface area contributed by atoms with Gasteiger partial charge in [-0.05, 0) is 35.0 Å². The van der Waals surface area contributed by atoms with E-state index in [2.05, 4.69) is 47.4 Å². The third kappa shape index (κ3) is 3.89. The molecule has 128 valence electrons. The molecule has 0 N–H and O–H groups in total. The molecule has 0 aliphatic carbocycles. The Balaban J connectivity index is 1.88. The second-order valence-electron chi connectivity index (χ2n) is 6.64. The minimum absolute atomic E-state index is 0.0921. The van der Waals surface area contributed by atoms with E-state index in [1.807, 2.05) is 51.5 Å². The number of nitrogens with zero attached hydrogens (tertiary/aromatic N) is 2. The van der Waals surface area contributed by atoms with Gasteiger partial charge in [-0.1, -0.05) is 66.7 Å². The highest BCUT2D eigenvalue weighted by Gasteiger charge is 2.26. The molecule has 3 heteroatoms. The number of likely N-dealkylation sites (N-methyl/N-ethyl adjacent to an activating group) is 2. The first-order valence-corrected chi connectivity index (χ1v) is 8.50. The number of rotatable bonds is 5. The van der Waals surface area contributed by atoms with E-state index in [4.69, 9.17) is 0 Å². The Morgan fingerprint density at radius 1 is 0.840 bits per heavy atom. The number of benzene rings is 3. The van der Waals surface area contributed by atoms with Gasteiger partial charge < -0.3 is 4.90 Å². The molecule has 0 aliphatic rings. The zero-order valence-electron chi connectivity index (χ0n) is 15.0. The van der Waals surface area contributed by atoms with E-state index in [1.54, 1.807) is 4.90 Å². The van der Waals surface area contributed by atoms with E-state index in [9.17, 15) is 4.79 Å². The summed E-state index contributed by atoms with van der Waals surface area (Å²) >= 11 is 0. The maximum Gasteiger partial charge on any atom is 0.244 e. The van der Waals surface area contributed by atoms with Gasteiger partial charge in [0.15, 0.2) is 0 Å². The van der Waals surface area contributed by atoms with Crippen LogP contribution in [0.2, 0.25) is 0 Å². The Labute approximate surface area is 149 Å². The van der Waals surface area contributed by atoms with E-state index >= 15 is 0 Å². The predicted molar refractivity (Wildman–Crippen MR) is 103 cm³/mol. The van der Waals surface area contributed by atoms with Gasteiger partial charge in [-0.25, -0.2) is 0 Å². The van der Waals surface area contributed by atoms with Gasteiger partial charge in [0, 0.05) is 20.6 Å². The van der Waals surface area contributed by atoms with E-state index in [0.717, 1.165) is 5.56 Å². The van der Waals surface area contributed by atoms with Crippen molar-refractivity contribution in [3.8, 4) is 0 Å². The van der Waals surface area contributed by atoms with Crippen LogP contribution < -0.4 is 0 Å². The van der Waals surface area contributed by atoms with Crippen molar-refractivity contribution < 1.29 is 4.79 Å². The van der Waals surface area contributed by atoms with Crippen LogP contribution >= 0.6 is 0 Å². The Hall–Kier alpha value is -2.65. The first-order valence-electron chi connectivity index (χ1n) is 8.50. The van der Waals surface area contributed by atoms with Crippen molar-refractivity contribution >= 4 is 16.7 Å². The summed E-state index contributed by atoms with van der Waals surface area (Å²) in [6, 6.07) is 24.5. The molecule has 3 aromatic carbocycles. The number of fused-ring (bicyclic) bond motifs is 1. The average Bonchev–Trinajstić information content (AvgIpc) is 2.62. The standard InChI is InChI=1S/C22H24N2O/c1-23(2)22(25)21(19-10-5-4-6-11-19)24(3)16-17-13-14-18-9-7-8-12-20(18)15-17/h4-15,21H,16H2,1-3H3/t21-/m0/s1. The molecule has 0 saturated heterocycles. The summed E-state index contributed by atoms with van der Waals surface area (Å²) in [6.07, 6.45) is 0. The third-order valence-corrected chi connectivity index (χ3v) is 4.48. The van der Waals surface area contributed by atoms with Crippen LogP contribution in [0.1, 0.15) is 17.2 Å². The second kappa shape index (κ2) is 7.49. The highest BCUT2D eigenvalue weighted by atomic mass is 16.2. The molecule has 3 aromatic rings. The van der Waals surface area contributed by atoms with Crippen molar-refractivity contribution in [2.45, 2.75) is 12.6 Å². The summed E-state index contributed by atoms with van der Waals surface area (Å²) in [5, 5.41) is 2.46. The molecule has 0 aliphatic heterocycles. The van der Waals surface area contributed by atoms with Crippen molar-refractivity contribution in [1.29, 1.82) is 0 Å². The van der Waals surface area contributed by atoms with Crippen LogP contribution in [-0.2, 0) is 11.3 Å².